The summed E-state index contributed by atoms with van der Waals surface area (Å²) >= 11 is 8.02. The highest BCUT2D eigenvalue weighted by Gasteiger charge is 2.18. The molecule has 3 aromatic rings. The van der Waals surface area contributed by atoms with Gasteiger partial charge in [-0.3, -0.25) is 9.80 Å². The molecular formula is C21H22ClN3S. The van der Waals surface area contributed by atoms with Gasteiger partial charge in [0.15, 0.2) is 0 Å². The molecule has 0 N–H and O–H groups in total. The van der Waals surface area contributed by atoms with Gasteiger partial charge < -0.3 is 0 Å². The van der Waals surface area contributed by atoms with Gasteiger partial charge in [0.05, 0.1) is 5.69 Å². The third kappa shape index (κ3) is 4.33. The number of piperazine rings is 1. The van der Waals surface area contributed by atoms with Gasteiger partial charge in [-0.15, -0.1) is 11.3 Å². The molecule has 2 heterocycles. The zero-order chi connectivity index (χ0) is 17.8. The van der Waals surface area contributed by atoms with Gasteiger partial charge in [0, 0.05) is 55.2 Å². The van der Waals surface area contributed by atoms with Gasteiger partial charge in [-0.25, -0.2) is 4.98 Å². The Balaban J connectivity index is 1.30. The van der Waals surface area contributed by atoms with Crippen molar-refractivity contribution in [3.8, 4) is 10.6 Å². The first-order valence-electron chi connectivity index (χ1n) is 8.96. The van der Waals surface area contributed by atoms with Crippen molar-refractivity contribution in [3.63, 3.8) is 0 Å². The fraction of sp³-hybridized carbons (Fsp3) is 0.286. The average Bonchev–Trinajstić information content (AvgIpc) is 3.14. The molecule has 0 unspecified atom stereocenters. The van der Waals surface area contributed by atoms with Crippen LogP contribution in [-0.2, 0) is 13.1 Å². The number of benzene rings is 2. The van der Waals surface area contributed by atoms with Crippen LogP contribution in [0.15, 0.2) is 60.0 Å². The van der Waals surface area contributed by atoms with Gasteiger partial charge in [0.25, 0.3) is 0 Å². The standard InChI is InChI=1S/C21H22ClN3S/c22-20-9-5-4-8-18(20)14-24-10-12-25(13-11-24)15-19-16-26-21(23-19)17-6-2-1-3-7-17/h1-9,16H,10-15H2. The van der Waals surface area contributed by atoms with Crippen LogP contribution >= 0.6 is 22.9 Å². The second kappa shape index (κ2) is 8.31. The summed E-state index contributed by atoms with van der Waals surface area (Å²) in [4.78, 5) is 9.79. The third-order valence-corrected chi connectivity index (χ3v) is 6.08. The normalized spacial score (nSPS) is 16.0. The van der Waals surface area contributed by atoms with Gasteiger partial charge in [-0.05, 0) is 11.6 Å². The lowest BCUT2D eigenvalue weighted by atomic mass is 10.2. The zero-order valence-corrected chi connectivity index (χ0v) is 16.2. The molecule has 1 saturated heterocycles. The van der Waals surface area contributed by atoms with Gasteiger partial charge in [0.1, 0.15) is 5.01 Å². The van der Waals surface area contributed by atoms with E-state index in [1.807, 2.05) is 18.2 Å². The Morgan fingerprint density at radius 2 is 1.50 bits per heavy atom. The molecule has 1 fully saturated rings. The Hall–Kier alpha value is -1.72. The Kier molecular flexibility index (Phi) is 5.65. The quantitative estimate of drug-likeness (QED) is 0.632. The number of thiazole rings is 1. The summed E-state index contributed by atoms with van der Waals surface area (Å²) in [6, 6.07) is 18.6. The van der Waals surface area contributed by atoms with Gasteiger partial charge >= 0.3 is 0 Å². The topological polar surface area (TPSA) is 19.4 Å². The van der Waals surface area contributed by atoms with E-state index in [1.54, 1.807) is 11.3 Å². The Bertz CT molecular complexity index is 841. The molecule has 0 saturated carbocycles. The summed E-state index contributed by atoms with van der Waals surface area (Å²) in [7, 11) is 0. The SMILES string of the molecule is Clc1ccccc1CN1CCN(Cc2csc(-c3ccccc3)n2)CC1. The van der Waals surface area contributed by atoms with Crippen LogP contribution in [-0.4, -0.2) is 41.0 Å². The van der Waals surface area contributed by atoms with Crippen LogP contribution in [0.2, 0.25) is 5.02 Å². The molecule has 5 heteroatoms. The number of nitrogens with zero attached hydrogens (tertiary/aromatic N) is 3. The molecular weight excluding hydrogens is 362 g/mol. The maximum absolute atomic E-state index is 6.29. The smallest absolute Gasteiger partial charge is 0.123 e. The van der Waals surface area contributed by atoms with Crippen LogP contribution in [0.3, 0.4) is 0 Å². The molecule has 0 aliphatic carbocycles. The van der Waals surface area contributed by atoms with Crippen molar-refractivity contribution in [2.45, 2.75) is 13.1 Å². The maximum Gasteiger partial charge on any atom is 0.123 e. The number of hydrogen-bond donors (Lipinski definition) is 0. The Labute approximate surface area is 163 Å². The van der Waals surface area contributed by atoms with E-state index in [0.717, 1.165) is 49.3 Å². The summed E-state index contributed by atoms with van der Waals surface area (Å²) in [5.41, 5.74) is 3.59. The fourth-order valence-corrected chi connectivity index (χ4v) is 4.31. The minimum Gasteiger partial charge on any atom is -0.296 e. The van der Waals surface area contributed by atoms with E-state index in [0.29, 0.717) is 0 Å². The largest absolute Gasteiger partial charge is 0.296 e. The summed E-state index contributed by atoms with van der Waals surface area (Å²) in [5.74, 6) is 0. The first-order valence-corrected chi connectivity index (χ1v) is 10.2. The molecule has 134 valence electrons. The van der Waals surface area contributed by atoms with Crippen LogP contribution < -0.4 is 0 Å². The summed E-state index contributed by atoms with van der Waals surface area (Å²) < 4.78 is 0. The second-order valence-corrected chi connectivity index (χ2v) is 7.92. The molecule has 2 aromatic carbocycles. The molecule has 0 spiro atoms. The number of rotatable bonds is 5. The Morgan fingerprint density at radius 3 is 2.23 bits per heavy atom. The van der Waals surface area contributed by atoms with E-state index in [-0.39, 0.29) is 0 Å². The van der Waals surface area contributed by atoms with Crippen molar-refractivity contribution in [1.29, 1.82) is 0 Å². The van der Waals surface area contributed by atoms with E-state index < -0.39 is 0 Å². The number of halogens is 1. The van der Waals surface area contributed by atoms with E-state index in [4.69, 9.17) is 16.6 Å². The van der Waals surface area contributed by atoms with E-state index in [1.165, 1.54) is 16.8 Å². The molecule has 0 atom stereocenters. The van der Waals surface area contributed by atoms with Crippen LogP contribution in [0.1, 0.15) is 11.3 Å². The lowest BCUT2D eigenvalue weighted by Gasteiger charge is -2.34. The summed E-state index contributed by atoms with van der Waals surface area (Å²) in [5, 5.41) is 4.17. The molecule has 26 heavy (non-hydrogen) atoms. The lowest BCUT2D eigenvalue weighted by Crippen LogP contribution is -2.45. The molecule has 0 radical (unpaired) electrons. The number of aromatic nitrogens is 1. The monoisotopic (exact) mass is 383 g/mol. The lowest BCUT2D eigenvalue weighted by molar-refractivity contribution is 0.121. The zero-order valence-electron chi connectivity index (χ0n) is 14.6. The van der Waals surface area contributed by atoms with Gasteiger partial charge in [-0.1, -0.05) is 60.1 Å². The number of hydrogen-bond acceptors (Lipinski definition) is 4. The van der Waals surface area contributed by atoms with Crippen molar-refractivity contribution in [1.82, 2.24) is 14.8 Å². The van der Waals surface area contributed by atoms with Crippen LogP contribution in [0.25, 0.3) is 10.6 Å². The summed E-state index contributed by atoms with van der Waals surface area (Å²) in [6.45, 7) is 6.15. The van der Waals surface area contributed by atoms with Crippen molar-refractivity contribution < 1.29 is 0 Å². The van der Waals surface area contributed by atoms with E-state index in [2.05, 4.69) is 51.6 Å². The molecule has 4 rings (SSSR count). The molecule has 1 aliphatic rings. The third-order valence-electron chi connectivity index (χ3n) is 4.77. The molecule has 0 amide bonds. The van der Waals surface area contributed by atoms with Crippen LogP contribution in [0.4, 0.5) is 0 Å². The maximum atomic E-state index is 6.29. The molecule has 3 nitrogen and oxygen atoms in total. The predicted molar refractivity (Wildman–Crippen MR) is 110 cm³/mol. The minimum absolute atomic E-state index is 0.867. The van der Waals surface area contributed by atoms with Crippen LogP contribution in [0.5, 0.6) is 0 Å². The predicted octanol–water partition coefficient (Wildman–Crippen LogP) is 4.78. The van der Waals surface area contributed by atoms with Crippen molar-refractivity contribution in [2.24, 2.45) is 0 Å². The highest BCUT2D eigenvalue weighted by atomic mass is 35.5. The van der Waals surface area contributed by atoms with E-state index >= 15 is 0 Å². The first-order chi connectivity index (χ1) is 12.8. The fourth-order valence-electron chi connectivity index (χ4n) is 3.30. The first kappa shape index (κ1) is 17.7. The van der Waals surface area contributed by atoms with Crippen molar-refractivity contribution in [2.75, 3.05) is 26.2 Å². The molecule has 1 aromatic heterocycles. The highest BCUT2D eigenvalue weighted by Crippen LogP contribution is 2.24. The highest BCUT2D eigenvalue weighted by molar-refractivity contribution is 7.13. The van der Waals surface area contributed by atoms with Crippen LogP contribution in [0, 0.1) is 0 Å². The van der Waals surface area contributed by atoms with E-state index in [9.17, 15) is 0 Å². The van der Waals surface area contributed by atoms with Gasteiger partial charge in [-0.2, -0.15) is 0 Å². The summed E-state index contributed by atoms with van der Waals surface area (Å²) in [6.07, 6.45) is 0. The molecule has 0 bridgehead atoms. The average molecular weight is 384 g/mol. The van der Waals surface area contributed by atoms with Gasteiger partial charge in [0.2, 0.25) is 0 Å². The Morgan fingerprint density at radius 1 is 0.846 bits per heavy atom. The minimum atomic E-state index is 0.867. The van der Waals surface area contributed by atoms with Crippen molar-refractivity contribution in [3.05, 3.63) is 76.3 Å². The van der Waals surface area contributed by atoms with Crippen molar-refractivity contribution >= 4 is 22.9 Å². The second-order valence-electron chi connectivity index (χ2n) is 6.65. The molecule has 1 aliphatic heterocycles.